The Kier molecular flexibility index (Phi) is 7.84. The van der Waals surface area contributed by atoms with Gasteiger partial charge in [0.15, 0.2) is 0 Å². The van der Waals surface area contributed by atoms with Gasteiger partial charge in [0, 0.05) is 25.3 Å². The maximum Gasteiger partial charge on any atom is 0.229 e. The predicted octanol–water partition coefficient (Wildman–Crippen LogP) is 2.51. The average Bonchev–Trinajstić information content (AvgIpc) is 2.44. The van der Waals surface area contributed by atoms with Gasteiger partial charge in [0.05, 0.1) is 18.0 Å². The number of benzene rings is 1. The Balaban J connectivity index is 2.62. The topological polar surface area (TPSA) is 55.6 Å². The summed E-state index contributed by atoms with van der Waals surface area (Å²) >= 11 is 4.89. The summed E-state index contributed by atoms with van der Waals surface area (Å²) in [4.78, 5) is 14.4. The van der Waals surface area contributed by atoms with Crippen molar-refractivity contribution in [3.8, 4) is 0 Å². The first-order chi connectivity index (χ1) is 9.65. The number of hydrogen-bond acceptors (Lipinski definition) is 3. The molecule has 0 aromatic heterocycles. The molecule has 0 saturated carbocycles. The molecule has 0 unspecified atom stereocenters. The van der Waals surface area contributed by atoms with Gasteiger partial charge in [-0.25, -0.2) is 0 Å². The van der Waals surface area contributed by atoms with E-state index in [0.29, 0.717) is 37.6 Å². The van der Waals surface area contributed by atoms with Gasteiger partial charge in [-0.2, -0.15) is 0 Å². The Hall–Kier alpha value is -1.46. The fourth-order valence-corrected chi connectivity index (χ4v) is 1.86. The van der Waals surface area contributed by atoms with Crippen molar-refractivity contribution in [1.82, 2.24) is 0 Å². The first kappa shape index (κ1) is 16.6. The van der Waals surface area contributed by atoms with Crippen LogP contribution in [-0.2, 0) is 9.53 Å². The Morgan fingerprint density at radius 1 is 1.25 bits per heavy atom. The van der Waals surface area contributed by atoms with E-state index in [9.17, 15) is 4.79 Å². The van der Waals surface area contributed by atoms with Crippen LogP contribution >= 0.6 is 12.2 Å². The summed E-state index contributed by atoms with van der Waals surface area (Å²) < 4.78 is 5.37. The van der Waals surface area contributed by atoms with E-state index in [-0.39, 0.29) is 5.91 Å². The third-order valence-electron chi connectivity index (χ3n) is 2.76. The molecule has 0 fully saturated rings. The molecule has 0 aliphatic rings. The number of carbonyl (C=O) groups excluding carboxylic acids is 1. The zero-order valence-electron chi connectivity index (χ0n) is 11.9. The zero-order valence-corrected chi connectivity index (χ0v) is 12.7. The fraction of sp³-hybridized carbons (Fsp3) is 0.467. The fourth-order valence-electron chi connectivity index (χ4n) is 1.77. The van der Waals surface area contributed by atoms with Crippen LogP contribution in [0.3, 0.4) is 0 Å². The van der Waals surface area contributed by atoms with Crippen molar-refractivity contribution < 1.29 is 9.53 Å². The number of nitrogens with zero attached hydrogens (tertiary/aromatic N) is 1. The average molecular weight is 294 g/mol. The van der Waals surface area contributed by atoms with Gasteiger partial charge < -0.3 is 15.4 Å². The molecule has 0 bridgehead atoms. The van der Waals surface area contributed by atoms with Crippen LogP contribution in [0.5, 0.6) is 0 Å². The molecule has 0 spiro atoms. The van der Waals surface area contributed by atoms with Crippen LogP contribution in [0, 0.1) is 0 Å². The minimum absolute atomic E-state index is 0.0311. The van der Waals surface area contributed by atoms with Crippen LogP contribution in [0.1, 0.15) is 26.2 Å². The highest BCUT2D eigenvalue weighted by atomic mass is 32.1. The second kappa shape index (κ2) is 9.44. The molecule has 1 amide bonds. The third kappa shape index (κ3) is 6.12. The van der Waals surface area contributed by atoms with Gasteiger partial charge in [-0.1, -0.05) is 37.3 Å². The van der Waals surface area contributed by atoms with Gasteiger partial charge in [0.2, 0.25) is 5.91 Å². The molecule has 0 heterocycles. The number of para-hydroxylation sites is 1. The van der Waals surface area contributed by atoms with Crippen molar-refractivity contribution in [3.05, 3.63) is 30.3 Å². The van der Waals surface area contributed by atoms with Crippen molar-refractivity contribution in [2.75, 3.05) is 24.7 Å². The number of carbonyl (C=O) groups is 1. The molecule has 0 radical (unpaired) electrons. The van der Waals surface area contributed by atoms with Gasteiger partial charge in [0.25, 0.3) is 0 Å². The number of amides is 1. The standard InChI is InChI=1S/C15H22N2O2S/c1-2-11-19-12-9-15(18)17(10-8-14(16)20)13-6-4-3-5-7-13/h3-7H,2,8-12H2,1H3,(H2,16,20). The molecule has 110 valence electrons. The lowest BCUT2D eigenvalue weighted by Gasteiger charge is -2.22. The minimum atomic E-state index is 0.0311. The number of anilines is 1. The maximum atomic E-state index is 12.3. The normalized spacial score (nSPS) is 10.2. The molecule has 2 N–H and O–H groups in total. The second-order valence-electron chi connectivity index (χ2n) is 4.46. The lowest BCUT2D eigenvalue weighted by atomic mass is 10.2. The molecule has 0 aliphatic carbocycles. The highest BCUT2D eigenvalue weighted by Crippen LogP contribution is 2.15. The van der Waals surface area contributed by atoms with Gasteiger partial charge in [-0.15, -0.1) is 0 Å². The van der Waals surface area contributed by atoms with Crippen LogP contribution < -0.4 is 10.6 Å². The Morgan fingerprint density at radius 3 is 2.55 bits per heavy atom. The zero-order chi connectivity index (χ0) is 14.8. The van der Waals surface area contributed by atoms with E-state index in [2.05, 4.69) is 0 Å². The van der Waals surface area contributed by atoms with Crippen molar-refractivity contribution >= 4 is 28.8 Å². The van der Waals surface area contributed by atoms with Crippen molar-refractivity contribution in [2.45, 2.75) is 26.2 Å². The lowest BCUT2D eigenvalue weighted by Crippen LogP contribution is -2.34. The van der Waals surface area contributed by atoms with Gasteiger partial charge in [-0.05, 0) is 18.6 Å². The van der Waals surface area contributed by atoms with E-state index in [1.165, 1.54) is 0 Å². The van der Waals surface area contributed by atoms with Gasteiger partial charge >= 0.3 is 0 Å². The number of thiocarbonyl (C=S) groups is 1. The first-order valence-corrected chi connectivity index (χ1v) is 7.27. The highest BCUT2D eigenvalue weighted by Gasteiger charge is 2.15. The summed E-state index contributed by atoms with van der Waals surface area (Å²) in [5.74, 6) is 0.0311. The smallest absolute Gasteiger partial charge is 0.229 e. The lowest BCUT2D eigenvalue weighted by molar-refractivity contribution is -0.119. The minimum Gasteiger partial charge on any atom is -0.393 e. The molecule has 1 rings (SSSR count). The van der Waals surface area contributed by atoms with E-state index in [1.54, 1.807) is 4.90 Å². The monoisotopic (exact) mass is 294 g/mol. The maximum absolute atomic E-state index is 12.3. The van der Waals surface area contributed by atoms with Crippen LogP contribution in [0.25, 0.3) is 0 Å². The van der Waals surface area contributed by atoms with Crippen LogP contribution in [-0.4, -0.2) is 30.7 Å². The molecule has 4 nitrogen and oxygen atoms in total. The van der Waals surface area contributed by atoms with E-state index in [1.807, 2.05) is 37.3 Å². The molecule has 0 saturated heterocycles. The van der Waals surface area contributed by atoms with E-state index < -0.39 is 0 Å². The third-order valence-corrected chi connectivity index (χ3v) is 2.96. The molecular formula is C15H22N2O2S. The van der Waals surface area contributed by atoms with Crippen molar-refractivity contribution in [3.63, 3.8) is 0 Å². The first-order valence-electron chi connectivity index (χ1n) is 6.86. The summed E-state index contributed by atoms with van der Waals surface area (Å²) in [5.41, 5.74) is 6.39. The largest absolute Gasteiger partial charge is 0.393 e. The molecule has 20 heavy (non-hydrogen) atoms. The molecule has 0 atom stereocenters. The number of hydrogen-bond donors (Lipinski definition) is 1. The molecule has 5 heteroatoms. The number of nitrogens with two attached hydrogens (primary N) is 1. The summed E-state index contributed by atoms with van der Waals surface area (Å²) in [6.45, 7) is 3.68. The van der Waals surface area contributed by atoms with E-state index in [4.69, 9.17) is 22.7 Å². The number of ether oxygens (including phenoxy) is 1. The van der Waals surface area contributed by atoms with Gasteiger partial charge in [0.1, 0.15) is 0 Å². The van der Waals surface area contributed by atoms with E-state index in [0.717, 1.165) is 12.1 Å². The quantitative estimate of drug-likeness (QED) is 0.561. The molecule has 0 aliphatic heterocycles. The Bertz CT molecular complexity index is 423. The summed E-state index contributed by atoms with van der Waals surface area (Å²) in [5, 5.41) is 0. The van der Waals surface area contributed by atoms with Crippen molar-refractivity contribution in [1.29, 1.82) is 0 Å². The summed E-state index contributed by atoms with van der Waals surface area (Å²) in [6.07, 6.45) is 1.84. The van der Waals surface area contributed by atoms with Gasteiger partial charge in [-0.3, -0.25) is 4.79 Å². The molecule has 1 aromatic rings. The van der Waals surface area contributed by atoms with Crippen LogP contribution in [0.2, 0.25) is 0 Å². The predicted molar refractivity (Wildman–Crippen MR) is 85.9 cm³/mol. The number of rotatable bonds is 9. The molecule has 1 aromatic carbocycles. The summed E-state index contributed by atoms with van der Waals surface area (Å²) in [7, 11) is 0. The summed E-state index contributed by atoms with van der Waals surface area (Å²) in [6, 6.07) is 9.55. The second-order valence-corrected chi connectivity index (χ2v) is 4.98. The highest BCUT2D eigenvalue weighted by molar-refractivity contribution is 7.80. The van der Waals surface area contributed by atoms with Crippen molar-refractivity contribution in [2.24, 2.45) is 5.73 Å². The molecular weight excluding hydrogens is 272 g/mol. The Labute approximate surface area is 125 Å². The Morgan fingerprint density at radius 2 is 1.95 bits per heavy atom. The van der Waals surface area contributed by atoms with Crippen LogP contribution in [0.15, 0.2) is 30.3 Å². The van der Waals surface area contributed by atoms with E-state index >= 15 is 0 Å². The SMILES string of the molecule is CCCOCCC(=O)N(CCC(N)=S)c1ccccc1. The van der Waals surface area contributed by atoms with Crippen LogP contribution in [0.4, 0.5) is 5.69 Å².